The average Bonchev–Trinajstić information content (AvgIpc) is 2.95. The van der Waals surface area contributed by atoms with E-state index in [2.05, 4.69) is 30.7 Å². The molecule has 3 aliphatic heterocycles. The van der Waals surface area contributed by atoms with Crippen LogP contribution in [0.15, 0.2) is 0 Å². The van der Waals surface area contributed by atoms with Crippen LogP contribution in [0.1, 0.15) is 74.1 Å². The number of aliphatic hydroxyl groups is 2. The predicted octanol–water partition coefficient (Wildman–Crippen LogP) is 2.84. The zero-order valence-electron chi connectivity index (χ0n) is 28.9. The van der Waals surface area contributed by atoms with Crippen molar-refractivity contribution in [3.63, 3.8) is 0 Å². The first-order valence-electron chi connectivity index (χ1n) is 16.5. The van der Waals surface area contributed by atoms with Gasteiger partial charge in [-0.3, -0.25) is 9.69 Å². The second-order valence-electron chi connectivity index (χ2n) is 14.9. The van der Waals surface area contributed by atoms with Crippen LogP contribution in [0, 0.1) is 23.2 Å². The number of hydrogen-bond acceptors (Lipinski definition) is 10. The molecule has 3 saturated heterocycles. The van der Waals surface area contributed by atoms with E-state index in [1.807, 2.05) is 39.8 Å². The molecular formula is C33H63N3O7. The number of ether oxygens (including phenoxy) is 4. The maximum Gasteiger partial charge on any atom is 0.314 e. The molecule has 0 aromatic heterocycles. The summed E-state index contributed by atoms with van der Waals surface area (Å²) < 4.78 is 25.2. The Kier molecular flexibility index (Phi) is 12.9. The monoisotopic (exact) mass is 613 g/mol. The van der Waals surface area contributed by atoms with Gasteiger partial charge < -0.3 is 39.0 Å². The summed E-state index contributed by atoms with van der Waals surface area (Å²) in [7, 11) is 7.70. The largest absolute Gasteiger partial charge is 0.464 e. The molecule has 3 aliphatic rings. The Morgan fingerprint density at radius 2 is 1.79 bits per heavy atom. The Morgan fingerprint density at radius 1 is 1.12 bits per heavy atom. The van der Waals surface area contributed by atoms with Crippen LogP contribution in [0.5, 0.6) is 0 Å². The number of hydrogen-bond donors (Lipinski definition) is 2. The molecule has 252 valence electrons. The molecule has 43 heavy (non-hydrogen) atoms. The second kappa shape index (κ2) is 15.2. The van der Waals surface area contributed by atoms with Crippen molar-refractivity contribution >= 4 is 5.97 Å². The highest BCUT2D eigenvalue weighted by atomic mass is 16.7. The molecule has 10 heteroatoms. The van der Waals surface area contributed by atoms with E-state index < -0.39 is 47.5 Å². The molecule has 3 fully saturated rings. The lowest BCUT2D eigenvalue weighted by atomic mass is 9.73. The summed E-state index contributed by atoms with van der Waals surface area (Å²) in [5.74, 6) is -0.379. The van der Waals surface area contributed by atoms with Crippen molar-refractivity contribution in [2.24, 2.45) is 23.2 Å². The highest BCUT2D eigenvalue weighted by Crippen LogP contribution is 2.40. The number of carbonyl (C=O) groups is 1. The fourth-order valence-corrected chi connectivity index (χ4v) is 7.93. The van der Waals surface area contributed by atoms with Crippen LogP contribution >= 0.6 is 0 Å². The van der Waals surface area contributed by atoms with Crippen LogP contribution in [-0.2, 0) is 23.7 Å². The van der Waals surface area contributed by atoms with Crippen molar-refractivity contribution < 1.29 is 34.0 Å². The number of methoxy groups -OCH3 is 1. The SMILES string of the molecule is CCN1CCC[C@@H]([C@@H]2COC(=O)C(C)(C)C(O)[C@H](C)[C@@H](O[C@@H]3O[C@H](C)C[C@H](N(C)C)[C@H]3O)[C@](C)(OC)C[C@@H](C)CN2C)C1. The van der Waals surface area contributed by atoms with Crippen molar-refractivity contribution in [2.45, 2.75) is 123 Å². The maximum absolute atomic E-state index is 13.7. The van der Waals surface area contributed by atoms with Crippen molar-refractivity contribution in [1.29, 1.82) is 0 Å². The predicted molar refractivity (Wildman–Crippen MR) is 168 cm³/mol. The molecule has 0 spiro atoms. The normalized spacial score (nSPS) is 43.0. The van der Waals surface area contributed by atoms with E-state index in [9.17, 15) is 15.0 Å². The fraction of sp³-hybridized carbons (Fsp3) is 0.970. The molecule has 0 aromatic carbocycles. The zero-order valence-corrected chi connectivity index (χ0v) is 28.9. The molecule has 0 bridgehead atoms. The lowest BCUT2D eigenvalue weighted by Gasteiger charge is -2.48. The fourth-order valence-electron chi connectivity index (χ4n) is 7.93. The van der Waals surface area contributed by atoms with Gasteiger partial charge in [-0.15, -0.1) is 0 Å². The minimum absolute atomic E-state index is 0.0722. The highest BCUT2D eigenvalue weighted by Gasteiger charge is 2.51. The first-order valence-corrected chi connectivity index (χ1v) is 16.5. The number of carbonyl (C=O) groups excluding carboxylic acids is 1. The Labute approximate surface area is 261 Å². The molecule has 2 N–H and O–H groups in total. The van der Waals surface area contributed by atoms with Crippen LogP contribution in [0.4, 0.5) is 0 Å². The van der Waals surface area contributed by atoms with E-state index in [4.69, 9.17) is 18.9 Å². The Balaban J connectivity index is 1.98. The number of likely N-dealkylation sites (N-methyl/N-ethyl adjacent to an activating group) is 2. The average molecular weight is 614 g/mol. The third-order valence-electron chi connectivity index (χ3n) is 10.7. The number of likely N-dealkylation sites (tertiary alicyclic amines) is 1. The quantitative estimate of drug-likeness (QED) is 0.435. The number of nitrogens with zero attached hydrogens (tertiary/aromatic N) is 3. The van der Waals surface area contributed by atoms with Crippen LogP contribution < -0.4 is 0 Å². The van der Waals surface area contributed by atoms with E-state index in [0.717, 1.165) is 39.0 Å². The minimum atomic E-state index is -1.20. The van der Waals surface area contributed by atoms with Gasteiger partial charge in [0.15, 0.2) is 6.29 Å². The van der Waals surface area contributed by atoms with Crippen LogP contribution in [0.3, 0.4) is 0 Å². The van der Waals surface area contributed by atoms with Crippen LogP contribution in [-0.4, -0.2) is 140 Å². The second-order valence-corrected chi connectivity index (χ2v) is 14.9. The van der Waals surface area contributed by atoms with Gasteiger partial charge in [0.1, 0.15) is 12.7 Å². The maximum atomic E-state index is 13.7. The Morgan fingerprint density at radius 3 is 2.40 bits per heavy atom. The van der Waals surface area contributed by atoms with Crippen molar-refractivity contribution in [3.05, 3.63) is 0 Å². The van der Waals surface area contributed by atoms with Crippen molar-refractivity contribution in [3.8, 4) is 0 Å². The molecule has 0 amide bonds. The number of aliphatic hydroxyl groups excluding tert-OH is 2. The van der Waals surface area contributed by atoms with E-state index >= 15 is 0 Å². The third-order valence-corrected chi connectivity index (χ3v) is 10.7. The van der Waals surface area contributed by atoms with Crippen LogP contribution in [0.25, 0.3) is 0 Å². The van der Waals surface area contributed by atoms with E-state index in [1.54, 1.807) is 21.0 Å². The van der Waals surface area contributed by atoms with Gasteiger partial charge in [-0.25, -0.2) is 0 Å². The molecule has 10 nitrogen and oxygen atoms in total. The van der Waals surface area contributed by atoms with Crippen molar-refractivity contribution in [2.75, 3.05) is 61.0 Å². The Bertz CT molecular complexity index is 891. The summed E-state index contributed by atoms with van der Waals surface area (Å²) in [4.78, 5) is 20.5. The smallest absolute Gasteiger partial charge is 0.314 e. The topological polar surface area (TPSA) is 104 Å². The summed E-state index contributed by atoms with van der Waals surface area (Å²) >= 11 is 0. The molecule has 0 radical (unpaired) electrons. The molecule has 11 atom stereocenters. The molecule has 1 unspecified atom stereocenters. The Hall–Kier alpha value is -0.850. The lowest BCUT2D eigenvalue weighted by Crippen LogP contribution is -2.60. The minimum Gasteiger partial charge on any atom is -0.464 e. The van der Waals surface area contributed by atoms with Gasteiger partial charge in [-0.1, -0.05) is 20.8 Å². The summed E-state index contributed by atoms with van der Waals surface area (Å²) in [5.41, 5.74) is -2.04. The zero-order chi connectivity index (χ0) is 32.3. The summed E-state index contributed by atoms with van der Waals surface area (Å²) in [6.45, 7) is 18.0. The third kappa shape index (κ3) is 8.50. The van der Waals surface area contributed by atoms with Gasteiger partial charge in [0.2, 0.25) is 0 Å². The molecule has 3 rings (SSSR count). The molecular weight excluding hydrogens is 550 g/mol. The van der Waals surface area contributed by atoms with E-state index in [0.29, 0.717) is 25.4 Å². The lowest BCUT2D eigenvalue weighted by molar-refractivity contribution is -0.302. The van der Waals surface area contributed by atoms with Gasteiger partial charge in [-0.05, 0) is 99.4 Å². The number of esters is 1. The van der Waals surface area contributed by atoms with E-state index in [-0.39, 0.29) is 24.1 Å². The highest BCUT2D eigenvalue weighted by molar-refractivity contribution is 5.76. The van der Waals surface area contributed by atoms with Gasteiger partial charge in [-0.2, -0.15) is 0 Å². The summed E-state index contributed by atoms with van der Waals surface area (Å²) in [6.07, 6.45) is -0.137. The van der Waals surface area contributed by atoms with Crippen LogP contribution in [0.2, 0.25) is 0 Å². The van der Waals surface area contributed by atoms with Gasteiger partial charge in [0, 0.05) is 38.2 Å². The molecule has 3 heterocycles. The van der Waals surface area contributed by atoms with Gasteiger partial charge in [0.25, 0.3) is 0 Å². The first-order chi connectivity index (χ1) is 20.0. The summed E-state index contributed by atoms with van der Waals surface area (Å²) in [6, 6.07) is -0.0696. The number of rotatable bonds is 6. The first kappa shape index (κ1) is 36.6. The number of piperidine rings is 1. The van der Waals surface area contributed by atoms with Gasteiger partial charge in [0.05, 0.1) is 29.3 Å². The standard InChI is InChI=1S/C33H63N3O7/c1-12-36-15-13-14-24(19-36)26-20-41-31(39)32(5,6)28(38)23(4)29(33(7,40-11)17-21(2)18-35(26)10)43-30-27(37)25(34(8)9)16-22(3)42-30/h21-30,37-38H,12-20H2,1-11H3/t21-,22-,23+,24-,25+,26+,27-,28?,29-,30+,33-/m1/s1. The van der Waals surface area contributed by atoms with E-state index in [1.165, 1.54) is 0 Å². The number of cyclic esters (lactones) is 1. The molecule has 0 saturated carbocycles. The molecule has 0 aromatic rings. The summed E-state index contributed by atoms with van der Waals surface area (Å²) in [5, 5.41) is 23.2. The van der Waals surface area contributed by atoms with Crippen molar-refractivity contribution in [1.82, 2.24) is 14.7 Å². The van der Waals surface area contributed by atoms with Gasteiger partial charge >= 0.3 is 5.97 Å². The molecule has 0 aliphatic carbocycles.